The second-order valence-corrected chi connectivity index (χ2v) is 12.7. The summed E-state index contributed by atoms with van der Waals surface area (Å²) in [6.45, 7) is 3.40. The van der Waals surface area contributed by atoms with E-state index < -0.39 is 18.8 Å². The van der Waals surface area contributed by atoms with Gasteiger partial charge in [0.2, 0.25) is 0 Å². The SMILES string of the molecule is CB(O)N1CCCC(n2cc(-c3cc4c(-c5cccc(N6CCOc7cc(C8CC8)cc(F)c7C6=O)c5CO)ncnc4[nH]3)cn2)C1. The first-order chi connectivity index (χ1) is 22.9. The lowest BCUT2D eigenvalue weighted by Crippen LogP contribution is -2.44. The number of hydrogen-bond donors (Lipinski definition) is 3. The highest BCUT2D eigenvalue weighted by Crippen LogP contribution is 2.43. The Morgan fingerprint density at radius 2 is 2.02 bits per heavy atom. The molecule has 2 aromatic carbocycles. The molecule has 0 spiro atoms. The molecule has 240 valence electrons. The second-order valence-electron chi connectivity index (χ2n) is 12.7. The van der Waals surface area contributed by atoms with Crippen molar-refractivity contribution in [2.24, 2.45) is 0 Å². The van der Waals surface area contributed by atoms with Crippen molar-refractivity contribution in [1.29, 1.82) is 0 Å². The number of hydrogen-bond acceptors (Lipinski definition) is 8. The van der Waals surface area contributed by atoms with Gasteiger partial charge in [0, 0.05) is 34.8 Å². The van der Waals surface area contributed by atoms with Crippen molar-refractivity contribution < 1.29 is 24.1 Å². The number of halogens is 1. The summed E-state index contributed by atoms with van der Waals surface area (Å²) in [6, 6.07) is 10.8. The molecule has 5 aromatic rings. The van der Waals surface area contributed by atoms with Crippen molar-refractivity contribution >= 4 is 29.7 Å². The van der Waals surface area contributed by atoms with Gasteiger partial charge in [0.25, 0.3) is 5.91 Å². The molecule has 3 aromatic heterocycles. The number of aliphatic hydroxyl groups excluding tert-OH is 1. The Labute approximate surface area is 271 Å². The second kappa shape index (κ2) is 11.9. The normalized spacial score (nSPS) is 18.7. The van der Waals surface area contributed by atoms with Crippen LogP contribution in [0.5, 0.6) is 5.75 Å². The summed E-state index contributed by atoms with van der Waals surface area (Å²) in [4.78, 5) is 29.9. The van der Waals surface area contributed by atoms with Crippen LogP contribution >= 0.6 is 0 Å². The summed E-state index contributed by atoms with van der Waals surface area (Å²) in [6.07, 6.45) is 9.28. The molecule has 5 heterocycles. The zero-order valence-electron chi connectivity index (χ0n) is 26.1. The molecule has 47 heavy (non-hydrogen) atoms. The van der Waals surface area contributed by atoms with Crippen LogP contribution in [0, 0.1) is 5.82 Å². The number of carbonyl (C=O) groups excluding carboxylic acids is 1. The molecule has 0 bridgehead atoms. The number of nitrogens with one attached hydrogen (secondary N) is 1. The lowest BCUT2D eigenvalue weighted by Gasteiger charge is -2.33. The zero-order chi connectivity index (χ0) is 32.2. The van der Waals surface area contributed by atoms with E-state index in [2.05, 4.69) is 24.9 Å². The summed E-state index contributed by atoms with van der Waals surface area (Å²) >= 11 is 0. The monoisotopic (exact) mass is 635 g/mol. The van der Waals surface area contributed by atoms with Gasteiger partial charge in [-0.15, -0.1) is 0 Å². The minimum atomic E-state index is -0.590. The number of ether oxygens (including phenoxy) is 1. The van der Waals surface area contributed by atoms with Gasteiger partial charge in [-0.05, 0) is 74.8 Å². The van der Waals surface area contributed by atoms with Crippen molar-refractivity contribution in [3.8, 4) is 28.3 Å². The van der Waals surface area contributed by atoms with Crippen LogP contribution in [0.3, 0.4) is 0 Å². The van der Waals surface area contributed by atoms with Crippen LogP contribution in [0.2, 0.25) is 6.82 Å². The first-order valence-electron chi connectivity index (χ1n) is 16.2. The van der Waals surface area contributed by atoms with Gasteiger partial charge >= 0.3 is 7.05 Å². The van der Waals surface area contributed by atoms with Crippen molar-refractivity contribution in [3.05, 3.63) is 77.6 Å². The molecule has 2 aliphatic heterocycles. The first-order valence-corrected chi connectivity index (χ1v) is 16.2. The Morgan fingerprint density at radius 1 is 1.15 bits per heavy atom. The molecule has 1 atom stereocenters. The van der Waals surface area contributed by atoms with Gasteiger partial charge in [0.15, 0.2) is 0 Å². The average molecular weight is 636 g/mol. The molecule has 1 aliphatic carbocycles. The quantitative estimate of drug-likeness (QED) is 0.218. The van der Waals surface area contributed by atoms with E-state index in [9.17, 15) is 14.9 Å². The Morgan fingerprint density at radius 3 is 2.83 bits per heavy atom. The van der Waals surface area contributed by atoms with Gasteiger partial charge in [0.05, 0.1) is 42.5 Å². The van der Waals surface area contributed by atoms with E-state index in [4.69, 9.17) is 4.74 Å². The molecule has 1 saturated carbocycles. The Bertz CT molecular complexity index is 1990. The van der Waals surface area contributed by atoms with E-state index in [0.29, 0.717) is 34.1 Å². The number of piperidine rings is 1. The number of aliphatic hydroxyl groups is 1. The number of carbonyl (C=O) groups is 1. The summed E-state index contributed by atoms with van der Waals surface area (Å²) in [7, 11) is -0.496. The number of H-pyrrole nitrogens is 1. The molecule has 2 fully saturated rings. The Hall–Kier alpha value is -4.59. The van der Waals surface area contributed by atoms with Crippen LogP contribution in [-0.4, -0.2) is 78.9 Å². The highest BCUT2D eigenvalue weighted by Gasteiger charge is 2.33. The van der Waals surface area contributed by atoms with E-state index in [-0.39, 0.29) is 37.1 Å². The van der Waals surface area contributed by atoms with Gasteiger partial charge in [-0.2, -0.15) is 5.10 Å². The fraction of sp³-hybridized carbons (Fsp3) is 0.353. The molecular weight excluding hydrogens is 600 g/mol. The molecule has 1 amide bonds. The van der Waals surface area contributed by atoms with E-state index in [1.54, 1.807) is 19.0 Å². The molecule has 8 rings (SSSR count). The number of fused-ring (bicyclic) bond motifs is 2. The third-order valence-corrected chi connectivity index (χ3v) is 9.68. The van der Waals surface area contributed by atoms with Crippen molar-refractivity contribution in [3.63, 3.8) is 0 Å². The maximum Gasteiger partial charge on any atom is 0.376 e. The molecule has 13 heteroatoms. The maximum absolute atomic E-state index is 15.4. The topological polar surface area (TPSA) is 133 Å². The molecular formula is C34H35BFN7O4. The largest absolute Gasteiger partial charge is 0.491 e. The summed E-state index contributed by atoms with van der Waals surface area (Å²) in [5, 5.41) is 26.2. The molecule has 3 aliphatic rings. The average Bonchev–Trinajstić information content (AvgIpc) is 3.69. The van der Waals surface area contributed by atoms with Crippen LogP contribution in [0.25, 0.3) is 33.5 Å². The minimum Gasteiger partial charge on any atom is -0.491 e. The van der Waals surface area contributed by atoms with E-state index in [1.165, 1.54) is 17.3 Å². The third-order valence-electron chi connectivity index (χ3n) is 9.68. The summed E-state index contributed by atoms with van der Waals surface area (Å²) < 4.78 is 23.3. The smallest absolute Gasteiger partial charge is 0.376 e. The third kappa shape index (κ3) is 5.37. The van der Waals surface area contributed by atoms with E-state index in [1.807, 2.05) is 35.3 Å². The molecule has 3 N–H and O–H groups in total. The molecule has 11 nitrogen and oxygen atoms in total. The molecule has 1 saturated heterocycles. The number of nitrogens with zero attached hydrogens (tertiary/aromatic N) is 6. The lowest BCUT2D eigenvalue weighted by molar-refractivity contribution is 0.0985. The van der Waals surface area contributed by atoms with E-state index >= 15 is 4.39 Å². The number of aromatic nitrogens is 5. The minimum absolute atomic E-state index is 0.0896. The fourth-order valence-corrected chi connectivity index (χ4v) is 7.03. The highest BCUT2D eigenvalue weighted by molar-refractivity contribution is 6.45. The van der Waals surface area contributed by atoms with Gasteiger partial charge in [-0.1, -0.05) is 12.1 Å². The van der Waals surface area contributed by atoms with Crippen LogP contribution in [0.1, 0.15) is 59.1 Å². The fourth-order valence-electron chi connectivity index (χ4n) is 7.03. The maximum atomic E-state index is 15.4. The van der Waals surface area contributed by atoms with Gasteiger partial charge < -0.3 is 29.6 Å². The Kier molecular flexibility index (Phi) is 7.54. The summed E-state index contributed by atoms with van der Waals surface area (Å²) in [5.74, 6) is -0.510. The molecule has 1 unspecified atom stereocenters. The highest BCUT2D eigenvalue weighted by atomic mass is 19.1. The van der Waals surface area contributed by atoms with Crippen LogP contribution in [0.4, 0.5) is 10.1 Å². The molecule has 0 radical (unpaired) electrons. The standard InChI is InChI=1S/C34H35BFN7O4/c1-35(46)41-9-3-4-23(17-41)43-16-22(15-39-43)28-14-25-32(37-19-38-33(25)40-28)24-5-2-6-29(26(24)18-44)42-10-11-47-30-13-21(20-7-8-20)12-27(36)31(30)34(42)45/h2,5-6,12-16,19-20,23,44,46H,3-4,7-11,17-18H2,1H3,(H,37,38,40). The van der Waals surface area contributed by atoms with E-state index in [0.717, 1.165) is 61.0 Å². The zero-order valence-corrected chi connectivity index (χ0v) is 26.1. The number of benzene rings is 2. The van der Waals surface area contributed by atoms with Crippen molar-refractivity contribution in [2.75, 3.05) is 31.1 Å². The van der Waals surface area contributed by atoms with Gasteiger partial charge in [0.1, 0.15) is 35.7 Å². The predicted octanol–water partition coefficient (Wildman–Crippen LogP) is 4.78. The number of aromatic amines is 1. The van der Waals surface area contributed by atoms with Crippen molar-refractivity contribution in [1.82, 2.24) is 29.5 Å². The number of amides is 1. The van der Waals surface area contributed by atoms with Crippen LogP contribution in [0.15, 0.2) is 55.1 Å². The van der Waals surface area contributed by atoms with Crippen LogP contribution < -0.4 is 9.64 Å². The number of rotatable bonds is 7. The predicted molar refractivity (Wildman–Crippen MR) is 176 cm³/mol. The first kappa shape index (κ1) is 29.8. The van der Waals surface area contributed by atoms with Crippen molar-refractivity contribution in [2.45, 2.75) is 51.1 Å². The Balaban J connectivity index is 1.13. The summed E-state index contributed by atoms with van der Waals surface area (Å²) in [5.41, 5.74) is 5.30. The lowest BCUT2D eigenvalue weighted by atomic mass is 9.82. The van der Waals surface area contributed by atoms with Gasteiger partial charge in [-0.3, -0.25) is 9.48 Å². The van der Waals surface area contributed by atoms with Crippen LogP contribution in [-0.2, 0) is 6.61 Å². The van der Waals surface area contributed by atoms with Gasteiger partial charge in [-0.25, -0.2) is 14.4 Å². The number of anilines is 1.